The van der Waals surface area contributed by atoms with Gasteiger partial charge in [-0.3, -0.25) is 9.89 Å². The molecule has 0 aliphatic carbocycles. The second-order valence-electron chi connectivity index (χ2n) is 4.01. The predicted octanol–water partition coefficient (Wildman–Crippen LogP) is 0.805. The van der Waals surface area contributed by atoms with E-state index in [2.05, 4.69) is 25.7 Å². The monoisotopic (exact) mass is 257 g/mol. The SMILES string of the molecule is O=C(Cc1noc2ccccc12)NCc1ncn[nH]1. The number of para-hydroxylation sites is 1. The smallest absolute Gasteiger partial charge is 0.226 e. The molecule has 3 aromatic rings. The van der Waals surface area contributed by atoms with Gasteiger partial charge in [0.25, 0.3) is 0 Å². The maximum atomic E-state index is 11.8. The van der Waals surface area contributed by atoms with Gasteiger partial charge in [0.05, 0.1) is 13.0 Å². The number of H-pyrrole nitrogens is 1. The summed E-state index contributed by atoms with van der Waals surface area (Å²) in [5, 5.41) is 13.9. The fourth-order valence-electron chi connectivity index (χ4n) is 1.78. The zero-order chi connectivity index (χ0) is 13.1. The van der Waals surface area contributed by atoms with E-state index in [9.17, 15) is 4.79 Å². The van der Waals surface area contributed by atoms with E-state index in [4.69, 9.17) is 4.52 Å². The number of rotatable bonds is 4. The molecule has 2 aromatic heterocycles. The van der Waals surface area contributed by atoms with E-state index in [1.807, 2.05) is 24.3 Å². The topological polar surface area (TPSA) is 96.7 Å². The van der Waals surface area contributed by atoms with Crippen molar-refractivity contribution in [2.45, 2.75) is 13.0 Å². The first-order chi connectivity index (χ1) is 9.33. The Morgan fingerprint density at radius 3 is 3.11 bits per heavy atom. The van der Waals surface area contributed by atoms with E-state index in [0.29, 0.717) is 23.6 Å². The van der Waals surface area contributed by atoms with Crippen LogP contribution < -0.4 is 5.32 Å². The van der Waals surface area contributed by atoms with Crippen molar-refractivity contribution in [1.82, 2.24) is 25.7 Å². The number of aromatic nitrogens is 4. The van der Waals surface area contributed by atoms with Gasteiger partial charge in [0.15, 0.2) is 5.58 Å². The summed E-state index contributed by atoms with van der Waals surface area (Å²) in [6, 6.07) is 7.44. The van der Waals surface area contributed by atoms with E-state index < -0.39 is 0 Å². The van der Waals surface area contributed by atoms with E-state index in [1.165, 1.54) is 6.33 Å². The molecule has 0 spiro atoms. The Balaban J connectivity index is 1.66. The fourth-order valence-corrected chi connectivity index (χ4v) is 1.78. The summed E-state index contributed by atoms with van der Waals surface area (Å²) in [6.07, 6.45) is 1.57. The largest absolute Gasteiger partial charge is 0.356 e. The molecule has 2 heterocycles. The molecule has 7 nitrogen and oxygen atoms in total. The molecule has 1 aromatic carbocycles. The van der Waals surface area contributed by atoms with Crippen LogP contribution in [-0.4, -0.2) is 26.2 Å². The summed E-state index contributed by atoms with van der Waals surface area (Å²) < 4.78 is 5.14. The summed E-state index contributed by atoms with van der Waals surface area (Å²) >= 11 is 0. The first kappa shape index (κ1) is 11.4. The number of hydrogen-bond acceptors (Lipinski definition) is 5. The van der Waals surface area contributed by atoms with Crippen LogP contribution in [0.2, 0.25) is 0 Å². The third-order valence-corrected chi connectivity index (χ3v) is 2.70. The Kier molecular flexibility index (Phi) is 2.93. The van der Waals surface area contributed by atoms with E-state index in [-0.39, 0.29) is 12.3 Å². The van der Waals surface area contributed by atoms with Gasteiger partial charge in [0, 0.05) is 5.39 Å². The Morgan fingerprint density at radius 1 is 1.37 bits per heavy atom. The first-order valence-corrected chi connectivity index (χ1v) is 5.77. The molecule has 0 saturated heterocycles. The van der Waals surface area contributed by atoms with Crippen LogP contribution in [0.3, 0.4) is 0 Å². The fraction of sp³-hybridized carbons (Fsp3) is 0.167. The molecule has 0 bridgehead atoms. The molecule has 0 radical (unpaired) electrons. The average molecular weight is 257 g/mol. The maximum Gasteiger partial charge on any atom is 0.226 e. The van der Waals surface area contributed by atoms with E-state index >= 15 is 0 Å². The molecule has 3 rings (SSSR count). The van der Waals surface area contributed by atoms with Crippen LogP contribution in [0.1, 0.15) is 11.5 Å². The lowest BCUT2D eigenvalue weighted by Gasteiger charge is -2.00. The maximum absolute atomic E-state index is 11.8. The zero-order valence-electron chi connectivity index (χ0n) is 9.96. The summed E-state index contributed by atoms with van der Waals surface area (Å²) in [6.45, 7) is 0.314. The number of aromatic amines is 1. The van der Waals surface area contributed by atoms with Gasteiger partial charge in [0.1, 0.15) is 17.8 Å². The van der Waals surface area contributed by atoms with Crippen molar-refractivity contribution in [3.63, 3.8) is 0 Å². The molecular formula is C12H11N5O2. The van der Waals surface area contributed by atoms with Crippen molar-refractivity contribution in [2.24, 2.45) is 0 Å². The van der Waals surface area contributed by atoms with Gasteiger partial charge < -0.3 is 9.84 Å². The van der Waals surface area contributed by atoms with Crippen LogP contribution in [0.15, 0.2) is 35.1 Å². The van der Waals surface area contributed by atoms with Gasteiger partial charge in [-0.1, -0.05) is 17.3 Å². The normalized spacial score (nSPS) is 10.7. The highest BCUT2D eigenvalue weighted by Gasteiger charge is 2.11. The standard InChI is InChI=1S/C12H11N5O2/c18-12(13-6-11-14-7-15-16-11)5-9-8-3-1-2-4-10(8)19-17-9/h1-4,7H,5-6H2,(H,13,18)(H,14,15,16). The number of fused-ring (bicyclic) bond motifs is 1. The third kappa shape index (κ3) is 2.44. The molecule has 1 amide bonds. The molecule has 0 aliphatic rings. The van der Waals surface area contributed by atoms with Crippen LogP contribution in [0.4, 0.5) is 0 Å². The summed E-state index contributed by atoms with van der Waals surface area (Å²) in [5.41, 5.74) is 1.31. The number of nitrogens with one attached hydrogen (secondary N) is 2. The second-order valence-corrected chi connectivity index (χ2v) is 4.01. The molecule has 0 saturated carbocycles. The van der Waals surface area contributed by atoms with Crippen molar-refractivity contribution >= 4 is 16.9 Å². The van der Waals surface area contributed by atoms with Crippen LogP contribution in [0.25, 0.3) is 11.0 Å². The van der Waals surface area contributed by atoms with Gasteiger partial charge in [-0.05, 0) is 12.1 Å². The molecule has 0 atom stereocenters. The molecule has 0 aliphatic heterocycles. The van der Waals surface area contributed by atoms with E-state index in [0.717, 1.165) is 5.39 Å². The van der Waals surface area contributed by atoms with E-state index in [1.54, 1.807) is 0 Å². The van der Waals surface area contributed by atoms with Crippen molar-refractivity contribution in [1.29, 1.82) is 0 Å². The minimum absolute atomic E-state index is 0.143. The summed E-state index contributed by atoms with van der Waals surface area (Å²) in [7, 11) is 0. The minimum Gasteiger partial charge on any atom is -0.356 e. The quantitative estimate of drug-likeness (QED) is 0.720. The lowest BCUT2D eigenvalue weighted by Crippen LogP contribution is -2.25. The second kappa shape index (κ2) is 4.89. The van der Waals surface area contributed by atoms with Gasteiger partial charge in [-0.2, -0.15) is 5.10 Å². The molecule has 7 heteroatoms. The molecule has 19 heavy (non-hydrogen) atoms. The molecule has 0 fully saturated rings. The molecule has 96 valence electrons. The lowest BCUT2D eigenvalue weighted by atomic mass is 10.1. The first-order valence-electron chi connectivity index (χ1n) is 5.77. The van der Waals surface area contributed by atoms with Crippen LogP contribution in [0, 0.1) is 0 Å². The summed E-state index contributed by atoms with van der Waals surface area (Å²) in [4.78, 5) is 15.7. The Morgan fingerprint density at radius 2 is 2.26 bits per heavy atom. The number of amides is 1. The average Bonchev–Trinajstić information content (AvgIpc) is 3.07. The van der Waals surface area contributed by atoms with Crippen molar-refractivity contribution in [3.05, 3.63) is 42.1 Å². The van der Waals surface area contributed by atoms with Gasteiger partial charge in [-0.15, -0.1) is 0 Å². The van der Waals surface area contributed by atoms with Crippen LogP contribution in [-0.2, 0) is 17.8 Å². The molecule has 0 unspecified atom stereocenters. The van der Waals surface area contributed by atoms with Gasteiger partial charge in [0.2, 0.25) is 5.91 Å². The Hall–Kier alpha value is -2.70. The highest BCUT2D eigenvalue weighted by molar-refractivity contribution is 5.86. The number of hydrogen-bond donors (Lipinski definition) is 2. The zero-order valence-corrected chi connectivity index (χ0v) is 9.96. The third-order valence-electron chi connectivity index (χ3n) is 2.70. The van der Waals surface area contributed by atoms with Gasteiger partial charge in [-0.25, -0.2) is 4.98 Å². The number of carbonyl (C=O) groups excluding carboxylic acids is 1. The van der Waals surface area contributed by atoms with Crippen molar-refractivity contribution in [3.8, 4) is 0 Å². The number of nitrogens with zero attached hydrogens (tertiary/aromatic N) is 3. The van der Waals surface area contributed by atoms with Crippen molar-refractivity contribution in [2.75, 3.05) is 0 Å². The molecule has 2 N–H and O–H groups in total. The lowest BCUT2D eigenvalue weighted by molar-refractivity contribution is -0.120. The number of benzene rings is 1. The number of carbonyl (C=O) groups is 1. The predicted molar refractivity (Wildman–Crippen MR) is 65.9 cm³/mol. The molecular weight excluding hydrogens is 246 g/mol. The van der Waals surface area contributed by atoms with Crippen molar-refractivity contribution < 1.29 is 9.32 Å². The minimum atomic E-state index is -0.143. The summed E-state index contributed by atoms with van der Waals surface area (Å²) in [5.74, 6) is 0.466. The Labute approximate surface area is 108 Å². The van der Waals surface area contributed by atoms with Crippen LogP contribution in [0.5, 0.6) is 0 Å². The van der Waals surface area contributed by atoms with Gasteiger partial charge >= 0.3 is 0 Å². The highest BCUT2D eigenvalue weighted by Crippen LogP contribution is 2.17. The van der Waals surface area contributed by atoms with Crippen LogP contribution >= 0.6 is 0 Å². The highest BCUT2D eigenvalue weighted by atomic mass is 16.5. The Bertz CT molecular complexity index is 689.